The summed E-state index contributed by atoms with van der Waals surface area (Å²) in [6.07, 6.45) is 0.920. The average Bonchev–Trinajstić information content (AvgIpc) is 2.77. The Labute approximate surface area is 107 Å². The number of carbonyl (C=O) groups is 1. The number of carbonyl (C=O) groups excluding carboxylic acids is 1. The maximum absolute atomic E-state index is 10.8. The minimum atomic E-state index is 0.785. The summed E-state index contributed by atoms with van der Waals surface area (Å²) in [5, 5.41) is 2.07. The standard InChI is InChI=1S/C12H12BrNOS/c1-8-3-10(6-15)9(2)14(8)5-12-4-11(13)7-16-12/h3-4,6-7H,5H2,1-2H3. The van der Waals surface area contributed by atoms with Gasteiger partial charge in [0.15, 0.2) is 6.29 Å². The Hall–Kier alpha value is -0.870. The lowest BCUT2D eigenvalue weighted by Crippen LogP contribution is -2.02. The Balaban J connectivity index is 2.34. The largest absolute Gasteiger partial charge is 0.343 e. The number of aromatic nitrogens is 1. The van der Waals surface area contributed by atoms with Crippen molar-refractivity contribution in [3.05, 3.63) is 43.8 Å². The molecule has 0 radical (unpaired) electrons. The second kappa shape index (κ2) is 4.55. The van der Waals surface area contributed by atoms with Gasteiger partial charge < -0.3 is 4.57 Å². The monoisotopic (exact) mass is 297 g/mol. The summed E-state index contributed by atoms with van der Waals surface area (Å²) in [5.74, 6) is 0. The fourth-order valence-corrected chi connectivity index (χ4v) is 3.22. The zero-order chi connectivity index (χ0) is 11.7. The molecule has 0 aromatic carbocycles. The van der Waals surface area contributed by atoms with E-state index in [0.717, 1.165) is 34.3 Å². The highest BCUT2D eigenvalue weighted by atomic mass is 79.9. The molecule has 2 rings (SSSR count). The minimum absolute atomic E-state index is 0.785. The quantitative estimate of drug-likeness (QED) is 0.790. The van der Waals surface area contributed by atoms with E-state index in [0.29, 0.717) is 0 Å². The number of halogens is 1. The predicted molar refractivity (Wildman–Crippen MR) is 70.4 cm³/mol. The molecule has 0 aliphatic heterocycles. The average molecular weight is 298 g/mol. The maximum atomic E-state index is 10.8. The van der Waals surface area contributed by atoms with Crippen molar-refractivity contribution in [3.63, 3.8) is 0 Å². The molecule has 0 aliphatic carbocycles. The highest BCUT2D eigenvalue weighted by Crippen LogP contribution is 2.23. The van der Waals surface area contributed by atoms with Crippen molar-refractivity contribution in [1.82, 2.24) is 4.57 Å². The van der Waals surface area contributed by atoms with Crippen molar-refractivity contribution < 1.29 is 4.79 Å². The van der Waals surface area contributed by atoms with Crippen LogP contribution in [0.3, 0.4) is 0 Å². The van der Waals surface area contributed by atoms with Gasteiger partial charge in [0, 0.05) is 31.7 Å². The first kappa shape index (κ1) is 11.6. The van der Waals surface area contributed by atoms with Gasteiger partial charge in [0.05, 0.1) is 6.54 Å². The molecule has 0 N–H and O–H groups in total. The molecule has 4 heteroatoms. The van der Waals surface area contributed by atoms with Gasteiger partial charge >= 0.3 is 0 Å². The molecule has 2 nitrogen and oxygen atoms in total. The second-order valence-corrected chi connectivity index (χ2v) is 5.67. The molecule has 0 spiro atoms. The lowest BCUT2D eigenvalue weighted by Gasteiger charge is -2.07. The van der Waals surface area contributed by atoms with Gasteiger partial charge in [0.25, 0.3) is 0 Å². The van der Waals surface area contributed by atoms with E-state index < -0.39 is 0 Å². The van der Waals surface area contributed by atoms with Gasteiger partial charge in [-0.15, -0.1) is 11.3 Å². The summed E-state index contributed by atoms with van der Waals surface area (Å²) in [6, 6.07) is 4.05. The molecular weight excluding hydrogens is 286 g/mol. The fraction of sp³-hybridized carbons (Fsp3) is 0.250. The van der Waals surface area contributed by atoms with Gasteiger partial charge in [-0.05, 0) is 41.9 Å². The Morgan fingerprint density at radius 3 is 2.69 bits per heavy atom. The predicted octanol–water partition coefficient (Wildman–Crippen LogP) is 3.79. The number of hydrogen-bond acceptors (Lipinski definition) is 2. The molecule has 0 saturated heterocycles. The Morgan fingerprint density at radius 2 is 2.19 bits per heavy atom. The van der Waals surface area contributed by atoms with E-state index in [2.05, 4.69) is 31.9 Å². The topological polar surface area (TPSA) is 22.0 Å². The SMILES string of the molecule is Cc1cc(C=O)c(C)n1Cc1cc(Br)cs1. The molecule has 2 aromatic heterocycles. The number of nitrogens with zero attached hydrogens (tertiary/aromatic N) is 1. The number of aldehydes is 1. The van der Waals surface area contributed by atoms with Gasteiger partial charge in [-0.1, -0.05) is 0 Å². The van der Waals surface area contributed by atoms with Gasteiger partial charge in [-0.25, -0.2) is 0 Å². The highest BCUT2D eigenvalue weighted by Gasteiger charge is 2.09. The van der Waals surface area contributed by atoms with Crippen molar-refractivity contribution in [2.24, 2.45) is 0 Å². The van der Waals surface area contributed by atoms with Gasteiger partial charge in [-0.2, -0.15) is 0 Å². The van der Waals surface area contributed by atoms with Gasteiger partial charge in [0.1, 0.15) is 0 Å². The first-order valence-corrected chi connectivity index (χ1v) is 6.64. The van der Waals surface area contributed by atoms with Gasteiger partial charge in [0.2, 0.25) is 0 Å². The molecule has 16 heavy (non-hydrogen) atoms. The molecule has 0 atom stereocenters. The van der Waals surface area contributed by atoms with Crippen LogP contribution in [-0.2, 0) is 6.54 Å². The molecule has 2 heterocycles. The van der Waals surface area contributed by atoms with E-state index in [-0.39, 0.29) is 0 Å². The highest BCUT2D eigenvalue weighted by molar-refractivity contribution is 9.10. The summed E-state index contributed by atoms with van der Waals surface area (Å²) in [4.78, 5) is 12.1. The second-order valence-electron chi connectivity index (χ2n) is 3.76. The van der Waals surface area contributed by atoms with Crippen LogP contribution < -0.4 is 0 Å². The van der Waals surface area contributed by atoms with Crippen molar-refractivity contribution >= 4 is 33.6 Å². The van der Waals surface area contributed by atoms with Crippen LogP contribution in [0.25, 0.3) is 0 Å². The van der Waals surface area contributed by atoms with Gasteiger partial charge in [-0.3, -0.25) is 4.79 Å². The molecule has 84 valence electrons. The zero-order valence-corrected chi connectivity index (χ0v) is 11.6. The smallest absolute Gasteiger partial charge is 0.151 e. The first-order valence-electron chi connectivity index (χ1n) is 4.96. The van der Waals surface area contributed by atoms with E-state index >= 15 is 0 Å². The van der Waals surface area contributed by atoms with Crippen LogP contribution in [0.15, 0.2) is 22.0 Å². The molecule has 0 fully saturated rings. The summed E-state index contributed by atoms with van der Waals surface area (Å²) < 4.78 is 3.28. The van der Waals surface area contributed by atoms with E-state index in [1.807, 2.05) is 19.9 Å². The number of aryl methyl sites for hydroxylation is 1. The molecule has 2 aromatic rings. The third-order valence-corrected chi connectivity index (χ3v) is 4.36. The van der Waals surface area contributed by atoms with E-state index in [1.165, 1.54) is 4.88 Å². The van der Waals surface area contributed by atoms with Crippen LogP contribution in [0.4, 0.5) is 0 Å². The number of thiophene rings is 1. The Kier molecular flexibility index (Phi) is 3.30. The van der Waals surface area contributed by atoms with Crippen molar-refractivity contribution in [3.8, 4) is 0 Å². The van der Waals surface area contributed by atoms with Crippen molar-refractivity contribution in [2.75, 3.05) is 0 Å². The summed E-state index contributed by atoms with van der Waals surface area (Å²) in [5.41, 5.74) is 2.95. The number of rotatable bonds is 3. The van der Waals surface area contributed by atoms with Crippen LogP contribution in [0.5, 0.6) is 0 Å². The Morgan fingerprint density at radius 1 is 1.44 bits per heavy atom. The third kappa shape index (κ3) is 2.13. The molecular formula is C12H12BrNOS. The number of hydrogen-bond donors (Lipinski definition) is 0. The molecule has 0 amide bonds. The van der Waals surface area contributed by atoms with Crippen LogP contribution in [0.1, 0.15) is 26.6 Å². The van der Waals surface area contributed by atoms with Crippen LogP contribution >= 0.6 is 27.3 Å². The lowest BCUT2D eigenvalue weighted by molar-refractivity contribution is 0.112. The van der Waals surface area contributed by atoms with E-state index in [4.69, 9.17) is 0 Å². The molecule has 0 bridgehead atoms. The van der Waals surface area contributed by atoms with Crippen molar-refractivity contribution in [1.29, 1.82) is 0 Å². The maximum Gasteiger partial charge on any atom is 0.151 e. The molecule has 0 unspecified atom stereocenters. The first-order chi connectivity index (χ1) is 7.61. The van der Waals surface area contributed by atoms with E-state index in [1.54, 1.807) is 11.3 Å². The molecule has 0 aliphatic rings. The third-order valence-electron chi connectivity index (χ3n) is 2.68. The summed E-state index contributed by atoms with van der Waals surface area (Å²) in [7, 11) is 0. The van der Waals surface area contributed by atoms with Crippen molar-refractivity contribution in [2.45, 2.75) is 20.4 Å². The summed E-state index contributed by atoms with van der Waals surface area (Å²) >= 11 is 5.17. The normalized spacial score (nSPS) is 10.7. The van der Waals surface area contributed by atoms with E-state index in [9.17, 15) is 4.79 Å². The fourth-order valence-electron chi connectivity index (χ4n) is 1.78. The minimum Gasteiger partial charge on any atom is -0.343 e. The van der Waals surface area contributed by atoms with Crippen LogP contribution in [0, 0.1) is 13.8 Å². The molecule has 0 saturated carbocycles. The Bertz CT molecular complexity index is 527. The van der Waals surface area contributed by atoms with Crippen LogP contribution in [0.2, 0.25) is 0 Å². The van der Waals surface area contributed by atoms with Crippen LogP contribution in [-0.4, -0.2) is 10.9 Å². The lowest BCUT2D eigenvalue weighted by atomic mass is 10.3. The summed E-state index contributed by atoms with van der Waals surface area (Å²) in [6.45, 7) is 4.85. The zero-order valence-electron chi connectivity index (χ0n) is 9.16.